The van der Waals surface area contributed by atoms with Crippen LogP contribution in [0.2, 0.25) is 0 Å². The predicted molar refractivity (Wildman–Crippen MR) is 85.0 cm³/mol. The van der Waals surface area contributed by atoms with Gasteiger partial charge in [0.25, 0.3) is 5.91 Å². The smallest absolute Gasteiger partial charge is 0.311 e. The Hall–Kier alpha value is -2.24. The zero-order chi connectivity index (χ0) is 17.2. The van der Waals surface area contributed by atoms with Crippen LogP contribution < -0.4 is 9.47 Å². The maximum atomic E-state index is 12.6. The number of ether oxygens (including phenoxy) is 2. The molecule has 1 heterocycles. The Morgan fingerprint density at radius 3 is 2.52 bits per heavy atom. The molecule has 0 saturated carbocycles. The van der Waals surface area contributed by atoms with E-state index in [0.717, 1.165) is 0 Å². The van der Waals surface area contributed by atoms with E-state index in [4.69, 9.17) is 9.47 Å². The molecule has 1 amide bonds. The molecule has 2 rings (SSSR count). The highest BCUT2D eigenvalue weighted by Gasteiger charge is 2.42. The van der Waals surface area contributed by atoms with Crippen LogP contribution in [0, 0.1) is 5.41 Å². The fourth-order valence-corrected chi connectivity index (χ4v) is 2.64. The first-order valence-electron chi connectivity index (χ1n) is 7.64. The number of aliphatic carboxylic acids is 1. The van der Waals surface area contributed by atoms with Gasteiger partial charge >= 0.3 is 5.97 Å². The Kier molecular flexibility index (Phi) is 4.82. The third kappa shape index (κ3) is 3.57. The standard InChI is InChI=1S/C17H23NO5/c1-11(2)23-13-6-5-12(9-14(13)22-4)15(19)18-8-7-17(3,10-18)16(20)21/h5-6,9,11H,7-8,10H2,1-4H3,(H,20,21)/t17-/m0/s1. The quantitative estimate of drug-likeness (QED) is 0.901. The summed E-state index contributed by atoms with van der Waals surface area (Å²) in [5.74, 6) is 0.0102. The number of nitrogens with zero attached hydrogens (tertiary/aromatic N) is 1. The van der Waals surface area contributed by atoms with Gasteiger partial charge in [0.15, 0.2) is 11.5 Å². The summed E-state index contributed by atoms with van der Waals surface area (Å²) in [7, 11) is 1.52. The summed E-state index contributed by atoms with van der Waals surface area (Å²) in [4.78, 5) is 25.5. The van der Waals surface area contributed by atoms with Crippen LogP contribution in [-0.4, -0.2) is 48.2 Å². The normalized spacial score (nSPS) is 20.7. The van der Waals surface area contributed by atoms with Crippen LogP contribution in [0.25, 0.3) is 0 Å². The average molecular weight is 321 g/mol. The maximum Gasteiger partial charge on any atom is 0.311 e. The molecule has 1 aliphatic rings. The lowest BCUT2D eigenvalue weighted by atomic mass is 9.90. The number of carbonyl (C=O) groups excluding carboxylic acids is 1. The summed E-state index contributed by atoms with van der Waals surface area (Å²) >= 11 is 0. The largest absolute Gasteiger partial charge is 0.493 e. The molecule has 0 aromatic heterocycles. The van der Waals surface area contributed by atoms with E-state index in [9.17, 15) is 14.7 Å². The van der Waals surface area contributed by atoms with Gasteiger partial charge in [-0.3, -0.25) is 9.59 Å². The number of carboxylic acid groups (broad SMARTS) is 1. The van der Waals surface area contributed by atoms with Crippen LogP contribution in [-0.2, 0) is 4.79 Å². The number of likely N-dealkylation sites (tertiary alicyclic amines) is 1. The molecule has 1 saturated heterocycles. The van der Waals surface area contributed by atoms with Gasteiger partial charge in [-0.15, -0.1) is 0 Å². The van der Waals surface area contributed by atoms with Crippen molar-refractivity contribution in [1.29, 1.82) is 0 Å². The number of carboxylic acids is 1. The lowest BCUT2D eigenvalue weighted by Crippen LogP contribution is -2.34. The maximum absolute atomic E-state index is 12.6. The summed E-state index contributed by atoms with van der Waals surface area (Å²) in [5, 5.41) is 9.27. The molecule has 126 valence electrons. The molecule has 6 nitrogen and oxygen atoms in total. The van der Waals surface area contributed by atoms with Crippen molar-refractivity contribution >= 4 is 11.9 Å². The summed E-state index contributed by atoms with van der Waals surface area (Å²) in [5.41, 5.74) is -0.409. The fraction of sp³-hybridized carbons (Fsp3) is 0.529. The van der Waals surface area contributed by atoms with Gasteiger partial charge in [-0.1, -0.05) is 0 Å². The fourth-order valence-electron chi connectivity index (χ4n) is 2.64. The number of methoxy groups -OCH3 is 1. The van der Waals surface area contributed by atoms with Crippen molar-refractivity contribution in [3.8, 4) is 11.5 Å². The Morgan fingerprint density at radius 1 is 1.30 bits per heavy atom. The van der Waals surface area contributed by atoms with Gasteiger partial charge in [-0.25, -0.2) is 0 Å². The first kappa shape index (κ1) is 17.1. The van der Waals surface area contributed by atoms with Gasteiger partial charge in [0, 0.05) is 18.7 Å². The van der Waals surface area contributed by atoms with E-state index in [1.54, 1.807) is 30.0 Å². The summed E-state index contributed by atoms with van der Waals surface area (Å²) in [6.07, 6.45) is 0.458. The van der Waals surface area contributed by atoms with Gasteiger partial charge in [-0.2, -0.15) is 0 Å². The van der Waals surface area contributed by atoms with E-state index in [1.807, 2.05) is 13.8 Å². The van der Waals surface area contributed by atoms with Crippen molar-refractivity contribution in [3.63, 3.8) is 0 Å². The highest BCUT2D eigenvalue weighted by Crippen LogP contribution is 2.33. The second kappa shape index (κ2) is 6.48. The molecule has 0 aliphatic carbocycles. The van der Waals surface area contributed by atoms with E-state index < -0.39 is 11.4 Å². The monoisotopic (exact) mass is 321 g/mol. The molecule has 0 bridgehead atoms. The van der Waals surface area contributed by atoms with Crippen LogP contribution in [0.5, 0.6) is 11.5 Å². The van der Waals surface area contributed by atoms with E-state index in [0.29, 0.717) is 30.0 Å². The van der Waals surface area contributed by atoms with Crippen molar-refractivity contribution < 1.29 is 24.2 Å². The zero-order valence-corrected chi connectivity index (χ0v) is 14.0. The minimum Gasteiger partial charge on any atom is -0.493 e. The third-order valence-electron chi connectivity index (χ3n) is 4.05. The predicted octanol–water partition coefficient (Wildman–Crippen LogP) is 2.42. The number of hydrogen-bond acceptors (Lipinski definition) is 4. The minimum absolute atomic E-state index is 0.000285. The van der Waals surface area contributed by atoms with Crippen molar-refractivity contribution in [2.45, 2.75) is 33.3 Å². The second-order valence-corrected chi connectivity index (χ2v) is 6.37. The summed E-state index contributed by atoms with van der Waals surface area (Å²) in [6.45, 7) is 6.15. The topological polar surface area (TPSA) is 76.1 Å². The van der Waals surface area contributed by atoms with E-state index in [2.05, 4.69) is 0 Å². The molecule has 1 N–H and O–H groups in total. The van der Waals surface area contributed by atoms with Crippen molar-refractivity contribution in [2.75, 3.05) is 20.2 Å². The van der Waals surface area contributed by atoms with Crippen LogP contribution in [0.15, 0.2) is 18.2 Å². The first-order valence-corrected chi connectivity index (χ1v) is 7.64. The highest BCUT2D eigenvalue weighted by atomic mass is 16.5. The highest BCUT2D eigenvalue weighted by molar-refractivity contribution is 5.95. The molecular formula is C17H23NO5. The lowest BCUT2D eigenvalue weighted by Gasteiger charge is -2.21. The second-order valence-electron chi connectivity index (χ2n) is 6.37. The molecule has 23 heavy (non-hydrogen) atoms. The molecule has 1 fully saturated rings. The van der Waals surface area contributed by atoms with Gasteiger partial charge in [-0.05, 0) is 45.4 Å². The van der Waals surface area contributed by atoms with Crippen LogP contribution >= 0.6 is 0 Å². The number of hydrogen-bond donors (Lipinski definition) is 1. The lowest BCUT2D eigenvalue weighted by molar-refractivity contribution is -0.147. The minimum atomic E-state index is -0.875. The Morgan fingerprint density at radius 2 is 2.00 bits per heavy atom. The van der Waals surface area contributed by atoms with Gasteiger partial charge in [0.05, 0.1) is 18.6 Å². The number of rotatable bonds is 5. The van der Waals surface area contributed by atoms with E-state index in [-0.39, 0.29) is 18.6 Å². The SMILES string of the molecule is COc1cc(C(=O)N2CC[C@](C)(C(=O)O)C2)ccc1OC(C)C. The molecule has 0 unspecified atom stereocenters. The Balaban J connectivity index is 2.19. The Bertz CT molecular complexity index is 613. The number of amides is 1. The number of carbonyl (C=O) groups is 2. The molecule has 1 aromatic rings. The van der Waals surface area contributed by atoms with Gasteiger partial charge in [0.2, 0.25) is 0 Å². The van der Waals surface area contributed by atoms with E-state index >= 15 is 0 Å². The van der Waals surface area contributed by atoms with Crippen LogP contribution in [0.4, 0.5) is 0 Å². The average Bonchev–Trinajstić information content (AvgIpc) is 2.90. The molecular weight excluding hydrogens is 298 g/mol. The van der Waals surface area contributed by atoms with Crippen molar-refractivity contribution in [2.24, 2.45) is 5.41 Å². The molecule has 1 atom stereocenters. The molecule has 1 aliphatic heterocycles. The van der Waals surface area contributed by atoms with Gasteiger partial charge in [0.1, 0.15) is 0 Å². The Labute approximate surface area is 136 Å². The van der Waals surface area contributed by atoms with Crippen LogP contribution in [0.1, 0.15) is 37.6 Å². The summed E-state index contributed by atoms with van der Waals surface area (Å²) in [6, 6.07) is 5.02. The van der Waals surface area contributed by atoms with Crippen LogP contribution in [0.3, 0.4) is 0 Å². The van der Waals surface area contributed by atoms with Crippen molar-refractivity contribution in [1.82, 2.24) is 4.90 Å². The zero-order valence-electron chi connectivity index (χ0n) is 14.0. The molecule has 0 radical (unpaired) electrons. The third-order valence-corrected chi connectivity index (χ3v) is 4.05. The number of benzene rings is 1. The molecule has 6 heteroatoms. The molecule has 0 spiro atoms. The molecule has 1 aromatic carbocycles. The summed E-state index contributed by atoms with van der Waals surface area (Å²) < 4.78 is 10.9. The van der Waals surface area contributed by atoms with Gasteiger partial charge < -0.3 is 19.5 Å². The van der Waals surface area contributed by atoms with E-state index in [1.165, 1.54) is 7.11 Å². The van der Waals surface area contributed by atoms with Crippen molar-refractivity contribution in [3.05, 3.63) is 23.8 Å². The first-order chi connectivity index (χ1) is 10.8.